The fraction of sp³-hybridized carbons (Fsp3) is 0.389. The zero-order valence-electron chi connectivity index (χ0n) is 15.8. The first-order valence-electron chi connectivity index (χ1n) is 8.69. The number of carbonyl (C=O) groups is 1. The average Bonchev–Trinajstić information content (AvgIpc) is 2.89. The maximum Gasteiger partial charge on any atom is 0.318 e. The van der Waals surface area contributed by atoms with Crippen LogP contribution < -0.4 is 16.4 Å². The Morgan fingerprint density at radius 2 is 1.89 bits per heavy atom. The number of amides is 1. The molecule has 1 amide bonds. The highest BCUT2D eigenvalue weighted by atomic mass is 16.2. The Kier molecular flexibility index (Phi) is 4.93. The summed E-state index contributed by atoms with van der Waals surface area (Å²) in [6, 6.07) is 3.35. The van der Waals surface area contributed by atoms with E-state index in [1.807, 2.05) is 20.9 Å². The molecule has 0 fully saturated rings. The molecule has 0 atom stereocenters. The van der Waals surface area contributed by atoms with Crippen molar-refractivity contribution in [3.63, 3.8) is 0 Å². The minimum Gasteiger partial charge on any atom is -0.350 e. The van der Waals surface area contributed by atoms with E-state index >= 15 is 0 Å². The van der Waals surface area contributed by atoms with Gasteiger partial charge < -0.3 is 5.32 Å². The molecule has 0 aliphatic carbocycles. The Labute approximate surface area is 155 Å². The number of fused-ring (bicyclic) bond motifs is 1. The molecule has 3 aromatic rings. The molecule has 0 spiro atoms. The molecule has 9 heteroatoms. The van der Waals surface area contributed by atoms with Crippen LogP contribution in [0.3, 0.4) is 0 Å². The highest BCUT2D eigenvalue weighted by molar-refractivity contribution is 5.78. The molecule has 27 heavy (non-hydrogen) atoms. The number of hydrogen-bond donors (Lipinski definition) is 1. The topological polar surface area (TPSA) is 104 Å². The molecular weight excluding hydrogens is 348 g/mol. The normalized spacial score (nSPS) is 11.1. The molecule has 142 valence electrons. The Hall–Kier alpha value is -3.23. The van der Waals surface area contributed by atoms with Crippen molar-refractivity contribution in [2.75, 3.05) is 0 Å². The number of rotatable bonds is 5. The summed E-state index contributed by atoms with van der Waals surface area (Å²) in [5, 5.41) is 7.12. The zero-order valence-corrected chi connectivity index (χ0v) is 15.8. The van der Waals surface area contributed by atoms with Gasteiger partial charge in [0.05, 0.1) is 11.2 Å². The van der Waals surface area contributed by atoms with Crippen molar-refractivity contribution < 1.29 is 4.79 Å². The van der Waals surface area contributed by atoms with Gasteiger partial charge in [0, 0.05) is 37.6 Å². The maximum absolute atomic E-state index is 12.5. The number of aryl methyl sites for hydroxylation is 3. The van der Waals surface area contributed by atoms with Gasteiger partial charge in [-0.05, 0) is 32.9 Å². The molecule has 0 saturated carbocycles. The lowest BCUT2D eigenvalue weighted by Crippen LogP contribution is -2.44. The number of pyridine rings is 1. The first-order chi connectivity index (χ1) is 12.8. The predicted octanol–water partition coefficient (Wildman–Crippen LogP) is 0.245. The largest absolute Gasteiger partial charge is 0.350 e. The van der Waals surface area contributed by atoms with Crippen molar-refractivity contribution >= 4 is 17.1 Å². The summed E-state index contributed by atoms with van der Waals surface area (Å²) in [5.41, 5.74) is 2.16. The third kappa shape index (κ3) is 3.27. The maximum atomic E-state index is 12.5. The molecule has 0 unspecified atom stereocenters. The summed E-state index contributed by atoms with van der Waals surface area (Å²) >= 11 is 0. The van der Waals surface area contributed by atoms with Crippen molar-refractivity contribution in [3.8, 4) is 0 Å². The molecule has 0 aliphatic rings. The Bertz CT molecular complexity index is 1140. The SMILES string of the molecule is CCn1c(=O)c(=O)n(CC(=O)NCc2c(C)nn(C)c2C)c2cccnc21. The Morgan fingerprint density at radius 3 is 2.52 bits per heavy atom. The molecule has 0 saturated heterocycles. The number of carbonyl (C=O) groups excluding carboxylic acids is 1. The Balaban J connectivity index is 1.90. The smallest absolute Gasteiger partial charge is 0.318 e. The molecule has 3 aromatic heterocycles. The third-order valence-electron chi connectivity index (χ3n) is 4.72. The van der Waals surface area contributed by atoms with Crippen LogP contribution in [0.5, 0.6) is 0 Å². The van der Waals surface area contributed by atoms with Gasteiger partial charge in [-0.2, -0.15) is 5.10 Å². The minimum atomic E-state index is -0.735. The number of hydrogen-bond acceptors (Lipinski definition) is 5. The quantitative estimate of drug-likeness (QED) is 0.648. The summed E-state index contributed by atoms with van der Waals surface area (Å²) in [7, 11) is 1.84. The van der Waals surface area contributed by atoms with Crippen LogP contribution in [-0.4, -0.2) is 29.8 Å². The van der Waals surface area contributed by atoms with Gasteiger partial charge >= 0.3 is 11.1 Å². The molecule has 0 radical (unpaired) electrons. The van der Waals surface area contributed by atoms with E-state index in [0.717, 1.165) is 17.0 Å². The molecular formula is C18H22N6O3. The molecule has 0 aliphatic heterocycles. The van der Waals surface area contributed by atoms with E-state index < -0.39 is 11.1 Å². The molecule has 3 rings (SSSR count). The molecule has 0 bridgehead atoms. The highest BCUT2D eigenvalue weighted by Gasteiger charge is 2.16. The van der Waals surface area contributed by atoms with E-state index in [0.29, 0.717) is 24.3 Å². The van der Waals surface area contributed by atoms with Crippen molar-refractivity contribution in [2.24, 2.45) is 7.05 Å². The fourth-order valence-corrected chi connectivity index (χ4v) is 3.15. The van der Waals surface area contributed by atoms with Gasteiger partial charge in [0.1, 0.15) is 6.54 Å². The lowest BCUT2D eigenvalue weighted by Gasteiger charge is -2.13. The van der Waals surface area contributed by atoms with E-state index in [2.05, 4.69) is 15.4 Å². The van der Waals surface area contributed by atoms with Crippen LogP contribution in [0.2, 0.25) is 0 Å². The van der Waals surface area contributed by atoms with Crippen LogP contribution in [0.15, 0.2) is 27.9 Å². The van der Waals surface area contributed by atoms with Crippen LogP contribution in [-0.2, 0) is 31.5 Å². The van der Waals surface area contributed by atoms with Gasteiger partial charge in [-0.25, -0.2) is 4.98 Å². The second-order valence-electron chi connectivity index (χ2n) is 6.34. The summed E-state index contributed by atoms with van der Waals surface area (Å²) in [6.07, 6.45) is 1.55. The first kappa shape index (κ1) is 18.6. The van der Waals surface area contributed by atoms with E-state index in [-0.39, 0.29) is 12.5 Å². The Morgan fingerprint density at radius 1 is 1.19 bits per heavy atom. The number of nitrogens with zero attached hydrogens (tertiary/aromatic N) is 5. The summed E-state index contributed by atoms with van der Waals surface area (Å²) < 4.78 is 4.24. The van der Waals surface area contributed by atoms with Crippen LogP contribution >= 0.6 is 0 Å². The monoisotopic (exact) mass is 370 g/mol. The van der Waals surface area contributed by atoms with Crippen LogP contribution in [0.1, 0.15) is 23.9 Å². The van der Waals surface area contributed by atoms with Gasteiger partial charge in [-0.15, -0.1) is 0 Å². The molecule has 1 N–H and O–H groups in total. The van der Waals surface area contributed by atoms with E-state index in [1.165, 1.54) is 9.13 Å². The van der Waals surface area contributed by atoms with Crippen molar-refractivity contribution in [2.45, 2.75) is 40.4 Å². The number of aromatic nitrogens is 5. The van der Waals surface area contributed by atoms with Crippen LogP contribution in [0, 0.1) is 13.8 Å². The molecule has 9 nitrogen and oxygen atoms in total. The van der Waals surface area contributed by atoms with Crippen LogP contribution in [0.4, 0.5) is 0 Å². The van der Waals surface area contributed by atoms with E-state index in [9.17, 15) is 14.4 Å². The predicted molar refractivity (Wildman–Crippen MR) is 100 cm³/mol. The fourth-order valence-electron chi connectivity index (χ4n) is 3.15. The third-order valence-corrected chi connectivity index (χ3v) is 4.72. The summed E-state index contributed by atoms with van der Waals surface area (Å²) in [4.78, 5) is 41.5. The van der Waals surface area contributed by atoms with Crippen LogP contribution in [0.25, 0.3) is 11.2 Å². The number of nitrogens with one attached hydrogen (secondary N) is 1. The highest BCUT2D eigenvalue weighted by Crippen LogP contribution is 2.11. The van der Waals surface area contributed by atoms with Crippen molar-refractivity contribution in [1.29, 1.82) is 0 Å². The zero-order chi connectivity index (χ0) is 19.7. The molecule has 3 heterocycles. The second-order valence-corrected chi connectivity index (χ2v) is 6.34. The second kappa shape index (κ2) is 7.18. The average molecular weight is 370 g/mol. The van der Waals surface area contributed by atoms with Crippen molar-refractivity contribution in [3.05, 3.63) is 56.0 Å². The molecule has 0 aromatic carbocycles. The van der Waals surface area contributed by atoms with Gasteiger partial charge in [-0.1, -0.05) is 0 Å². The lowest BCUT2D eigenvalue weighted by atomic mass is 10.2. The summed E-state index contributed by atoms with van der Waals surface area (Å²) in [6.45, 7) is 5.96. The minimum absolute atomic E-state index is 0.251. The van der Waals surface area contributed by atoms with E-state index in [4.69, 9.17) is 0 Å². The summed E-state index contributed by atoms with van der Waals surface area (Å²) in [5.74, 6) is -0.362. The van der Waals surface area contributed by atoms with Gasteiger partial charge in [-0.3, -0.25) is 28.2 Å². The lowest BCUT2D eigenvalue weighted by molar-refractivity contribution is -0.121. The van der Waals surface area contributed by atoms with E-state index in [1.54, 1.807) is 29.9 Å². The van der Waals surface area contributed by atoms with Gasteiger partial charge in [0.2, 0.25) is 5.91 Å². The first-order valence-corrected chi connectivity index (χ1v) is 8.69. The van der Waals surface area contributed by atoms with Gasteiger partial charge in [0.25, 0.3) is 0 Å². The van der Waals surface area contributed by atoms with Crippen molar-refractivity contribution in [1.82, 2.24) is 29.2 Å². The van der Waals surface area contributed by atoms with Gasteiger partial charge in [0.15, 0.2) is 5.65 Å². The standard InChI is InChI=1S/C18H22N6O3/c1-5-23-16-14(7-6-8-19-16)24(18(27)17(23)26)10-15(25)20-9-13-11(2)21-22(4)12(13)3/h6-8H,5,9-10H2,1-4H3,(H,20,25).